The quantitative estimate of drug-likeness (QED) is 0.343. The van der Waals surface area contributed by atoms with E-state index >= 15 is 0 Å². The van der Waals surface area contributed by atoms with Crippen LogP contribution in [0.5, 0.6) is 0 Å². The first-order valence-electron chi connectivity index (χ1n) is 8.29. The molecule has 1 aromatic carbocycles. The largest absolute Gasteiger partial charge is 0.271 e. The Labute approximate surface area is 132 Å². The summed E-state index contributed by atoms with van der Waals surface area (Å²) in [4.78, 5) is 0. The highest BCUT2D eigenvalue weighted by molar-refractivity contribution is 7.17. The van der Waals surface area contributed by atoms with Crippen molar-refractivity contribution in [2.45, 2.75) is 64.3 Å². The molecule has 2 rings (SSSR count). The van der Waals surface area contributed by atoms with Gasteiger partial charge >= 0.3 is 0 Å². The van der Waals surface area contributed by atoms with Gasteiger partial charge in [0.05, 0.1) is 0 Å². The molecule has 0 radical (unpaired) electrons. The smallest absolute Gasteiger partial charge is 0.0474 e. The molecule has 3 N–H and O–H groups in total. The molecule has 0 aliphatic rings. The number of benzene rings is 1. The van der Waals surface area contributed by atoms with Crippen LogP contribution in [0.1, 0.15) is 69.9 Å². The zero-order chi connectivity index (χ0) is 14.9. The van der Waals surface area contributed by atoms with Crippen molar-refractivity contribution in [2.75, 3.05) is 0 Å². The maximum Gasteiger partial charge on any atom is 0.0474 e. The van der Waals surface area contributed by atoms with Crippen LogP contribution < -0.4 is 11.3 Å². The number of thiophene rings is 1. The van der Waals surface area contributed by atoms with Crippen molar-refractivity contribution < 1.29 is 0 Å². The number of nitrogens with two attached hydrogens (primary N) is 1. The molecule has 1 unspecified atom stereocenters. The lowest BCUT2D eigenvalue weighted by Gasteiger charge is -2.17. The Morgan fingerprint density at radius 3 is 2.57 bits per heavy atom. The van der Waals surface area contributed by atoms with Crippen LogP contribution in [0, 0.1) is 0 Å². The van der Waals surface area contributed by atoms with Gasteiger partial charge in [-0.1, -0.05) is 70.1 Å². The van der Waals surface area contributed by atoms with Gasteiger partial charge in [0.25, 0.3) is 0 Å². The maximum atomic E-state index is 5.80. The number of nitrogens with one attached hydrogen (secondary N) is 1. The van der Waals surface area contributed by atoms with Gasteiger partial charge in [0, 0.05) is 10.7 Å². The fourth-order valence-electron chi connectivity index (χ4n) is 2.92. The fourth-order valence-corrected chi connectivity index (χ4v) is 3.89. The van der Waals surface area contributed by atoms with Gasteiger partial charge in [-0.3, -0.25) is 11.3 Å². The number of fused-ring (bicyclic) bond motifs is 1. The van der Waals surface area contributed by atoms with Gasteiger partial charge in [0.1, 0.15) is 0 Å². The van der Waals surface area contributed by atoms with Gasteiger partial charge in [-0.05, 0) is 28.8 Å². The summed E-state index contributed by atoms with van der Waals surface area (Å²) in [6.45, 7) is 2.27. The molecular formula is C18H28N2S. The lowest BCUT2D eigenvalue weighted by atomic mass is 9.99. The van der Waals surface area contributed by atoms with Crippen LogP contribution in [0.15, 0.2) is 29.6 Å². The minimum Gasteiger partial charge on any atom is -0.271 e. The van der Waals surface area contributed by atoms with E-state index in [2.05, 4.69) is 42.0 Å². The van der Waals surface area contributed by atoms with Crippen LogP contribution in [-0.2, 0) is 0 Å². The van der Waals surface area contributed by atoms with Crippen LogP contribution in [0.4, 0.5) is 0 Å². The fraction of sp³-hybridized carbons (Fsp3) is 0.556. The van der Waals surface area contributed by atoms with Crippen LogP contribution in [-0.4, -0.2) is 0 Å². The summed E-state index contributed by atoms with van der Waals surface area (Å²) in [5, 5.41) is 3.49. The van der Waals surface area contributed by atoms with Gasteiger partial charge in [-0.2, -0.15) is 0 Å². The van der Waals surface area contributed by atoms with E-state index in [9.17, 15) is 0 Å². The molecule has 0 fully saturated rings. The number of hydrogen-bond acceptors (Lipinski definition) is 3. The zero-order valence-electron chi connectivity index (χ0n) is 13.1. The van der Waals surface area contributed by atoms with Crippen molar-refractivity contribution in [3.8, 4) is 0 Å². The first kappa shape index (κ1) is 16.5. The number of hydrazine groups is 1. The van der Waals surface area contributed by atoms with Gasteiger partial charge in [0.15, 0.2) is 0 Å². The van der Waals surface area contributed by atoms with E-state index in [4.69, 9.17) is 5.84 Å². The van der Waals surface area contributed by atoms with E-state index in [1.54, 1.807) is 0 Å². The van der Waals surface area contributed by atoms with Crippen LogP contribution >= 0.6 is 11.3 Å². The van der Waals surface area contributed by atoms with E-state index in [1.807, 2.05) is 11.3 Å². The molecule has 1 aromatic heterocycles. The molecule has 2 nitrogen and oxygen atoms in total. The number of unbranched alkanes of at least 4 members (excludes halogenated alkanes) is 6. The van der Waals surface area contributed by atoms with Gasteiger partial charge in [-0.15, -0.1) is 11.3 Å². The summed E-state index contributed by atoms with van der Waals surface area (Å²) in [7, 11) is 0. The second-order valence-electron chi connectivity index (χ2n) is 5.82. The average molecular weight is 305 g/mol. The molecular weight excluding hydrogens is 276 g/mol. The third-order valence-electron chi connectivity index (χ3n) is 4.18. The minimum atomic E-state index is 0.281. The highest BCUT2D eigenvalue weighted by Crippen LogP contribution is 2.31. The molecule has 3 heteroatoms. The monoisotopic (exact) mass is 304 g/mol. The first-order valence-corrected chi connectivity index (χ1v) is 9.17. The summed E-state index contributed by atoms with van der Waals surface area (Å²) in [5.74, 6) is 5.80. The Hall–Kier alpha value is -0.900. The molecule has 0 aliphatic carbocycles. The highest BCUT2D eigenvalue weighted by Gasteiger charge is 2.13. The molecule has 0 bridgehead atoms. The van der Waals surface area contributed by atoms with Crippen molar-refractivity contribution in [2.24, 2.45) is 5.84 Å². The molecule has 116 valence electrons. The van der Waals surface area contributed by atoms with E-state index in [0.29, 0.717) is 0 Å². The maximum absolute atomic E-state index is 5.80. The molecule has 2 aromatic rings. The minimum absolute atomic E-state index is 0.281. The van der Waals surface area contributed by atoms with Crippen molar-refractivity contribution in [1.29, 1.82) is 0 Å². The average Bonchev–Trinajstić information content (AvgIpc) is 2.99. The standard InChI is InChI=1S/C18H28N2S/c1-2-3-4-5-6-7-8-12-17(20-19)16-11-9-10-15-13-14-21-18(15)16/h9-11,13-14,17,20H,2-8,12,19H2,1H3. The van der Waals surface area contributed by atoms with Crippen molar-refractivity contribution in [3.05, 3.63) is 35.2 Å². The summed E-state index contributed by atoms with van der Waals surface area (Å²) in [6.07, 6.45) is 10.5. The lowest BCUT2D eigenvalue weighted by molar-refractivity contribution is 0.478. The second-order valence-corrected chi connectivity index (χ2v) is 6.73. The topological polar surface area (TPSA) is 38.0 Å². The summed E-state index contributed by atoms with van der Waals surface area (Å²) >= 11 is 1.81. The molecule has 0 saturated heterocycles. The normalized spacial score (nSPS) is 12.9. The van der Waals surface area contributed by atoms with E-state index in [1.165, 1.54) is 60.6 Å². The third kappa shape index (κ3) is 4.80. The van der Waals surface area contributed by atoms with Crippen LogP contribution in [0.3, 0.4) is 0 Å². The Kier molecular flexibility index (Phi) is 7.20. The van der Waals surface area contributed by atoms with E-state index in [0.717, 1.165) is 6.42 Å². The molecule has 21 heavy (non-hydrogen) atoms. The van der Waals surface area contributed by atoms with E-state index < -0.39 is 0 Å². The SMILES string of the molecule is CCCCCCCCCC(NN)c1cccc2ccsc12. The van der Waals surface area contributed by atoms with Crippen molar-refractivity contribution in [1.82, 2.24) is 5.43 Å². The van der Waals surface area contributed by atoms with Gasteiger partial charge in [0.2, 0.25) is 0 Å². The summed E-state index contributed by atoms with van der Waals surface area (Å²) in [6, 6.07) is 8.99. The van der Waals surface area contributed by atoms with Crippen molar-refractivity contribution in [3.63, 3.8) is 0 Å². The molecule has 0 saturated carbocycles. The Morgan fingerprint density at radius 1 is 1.05 bits per heavy atom. The second kappa shape index (κ2) is 9.19. The number of hydrogen-bond donors (Lipinski definition) is 2. The number of rotatable bonds is 10. The van der Waals surface area contributed by atoms with Gasteiger partial charge in [-0.25, -0.2) is 0 Å². The molecule has 0 amide bonds. The Bertz CT molecular complexity index is 521. The molecule has 0 spiro atoms. The first-order chi connectivity index (χ1) is 10.4. The third-order valence-corrected chi connectivity index (χ3v) is 5.16. The molecule has 1 atom stereocenters. The Morgan fingerprint density at radius 2 is 1.81 bits per heavy atom. The lowest BCUT2D eigenvalue weighted by Crippen LogP contribution is -2.28. The van der Waals surface area contributed by atoms with Crippen LogP contribution in [0.25, 0.3) is 10.1 Å². The zero-order valence-corrected chi connectivity index (χ0v) is 13.9. The van der Waals surface area contributed by atoms with E-state index in [-0.39, 0.29) is 6.04 Å². The van der Waals surface area contributed by atoms with Gasteiger partial charge < -0.3 is 0 Å². The van der Waals surface area contributed by atoms with Crippen molar-refractivity contribution >= 4 is 21.4 Å². The predicted octanol–water partition coefficient (Wildman–Crippen LogP) is 5.55. The highest BCUT2D eigenvalue weighted by atomic mass is 32.1. The molecule has 0 aliphatic heterocycles. The van der Waals surface area contributed by atoms with Crippen LogP contribution in [0.2, 0.25) is 0 Å². The summed E-state index contributed by atoms with van der Waals surface area (Å²) < 4.78 is 1.38. The Balaban J connectivity index is 1.82. The molecule has 1 heterocycles. The summed E-state index contributed by atoms with van der Waals surface area (Å²) in [5.41, 5.74) is 4.38. The predicted molar refractivity (Wildman–Crippen MR) is 94.5 cm³/mol.